The summed E-state index contributed by atoms with van der Waals surface area (Å²) in [6, 6.07) is 7.11. The molecule has 88 valence electrons. The van der Waals surface area contributed by atoms with Crippen molar-refractivity contribution in [3.8, 4) is 0 Å². The highest BCUT2D eigenvalue weighted by Crippen LogP contribution is 2.21. The Morgan fingerprint density at radius 1 is 1.50 bits per heavy atom. The number of halogens is 1. The van der Waals surface area contributed by atoms with E-state index < -0.39 is 17.6 Å². The van der Waals surface area contributed by atoms with Gasteiger partial charge < -0.3 is 5.11 Å². The maximum absolute atomic E-state index is 13.4. The number of hydrogen-bond acceptors (Lipinski definition) is 1. The van der Waals surface area contributed by atoms with Crippen molar-refractivity contribution in [2.45, 2.75) is 38.8 Å². The van der Waals surface area contributed by atoms with Gasteiger partial charge in [-0.25, -0.2) is 4.39 Å². The Bertz CT molecular complexity index is 380. The summed E-state index contributed by atoms with van der Waals surface area (Å²) in [5.41, 5.74) is 0.276. The standard InChI is InChI=1S/C13H17FO2/c1-9(12(15)16)11-6-4-5-10(7-11)8-13(2,3)14/h4-7,9H,8H2,1-3H3,(H,15,16). The highest BCUT2D eigenvalue weighted by Gasteiger charge is 2.18. The summed E-state index contributed by atoms with van der Waals surface area (Å²) in [5.74, 6) is -1.42. The normalized spacial score (nSPS) is 13.5. The molecule has 0 aliphatic carbocycles. The molecule has 1 atom stereocenters. The molecular formula is C13H17FO2. The molecule has 0 spiro atoms. The number of hydrogen-bond donors (Lipinski definition) is 1. The molecule has 0 fully saturated rings. The van der Waals surface area contributed by atoms with E-state index in [4.69, 9.17) is 5.11 Å². The number of carbonyl (C=O) groups is 1. The van der Waals surface area contributed by atoms with Crippen LogP contribution in [0.1, 0.15) is 37.8 Å². The van der Waals surface area contributed by atoms with Crippen molar-refractivity contribution >= 4 is 5.97 Å². The van der Waals surface area contributed by atoms with E-state index >= 15 is 0 Å². The highest BCUT2D eigenvalue weighted by atomic mass is 19.1. The molecule has 0 aliphatic rings. The van der Waals surface area contributed by atoms with Gasteiger partial charge in [0.2, 0.25) is 0 Å². The van der Waals surface area contributed by atoms with Crippen molar-refractivity contribution in [2.24, 2.45) is 0 Å². The zero-order chi connectivity index (χ0) is 12.3. The summed E-state index contributed by atoms with van der Waals surface area (Å²) in [6.45, 7) is 4.66. The Morgan fingerprint density at radius 2 is 2.12 bits per heavy atom. The number of aliphatic carboxylic acids is 1. The van der Waals surface area contributed by atoms with Crippen LogP contribution in [-0.2, 0) is 11.2 Å². The van der Waals surface area contributed by atoms with Crippen LogP contribution in [0.25, 0.3) is 0 Å². The average Bonchev–Trinajstić information content (AvgIpc) is 2.14. The largest absolute Gasteiger partial charge is 0.481 e. The minimum atomic E-state index is -1.27. The first kappa shape index (κ1) is 12.7. The fourth-order valence-electron chi connectivity index (χ4n) is 1.60. The van der Waals surface area contributed by atoms with Crippen LogP contribution >= 0.6 is 0 Å². The van der Waals surface area contributed by atoms with E-state index in [0.717, 1.165) is 5.56 Å². The van der Waals surface area contributed by atoms with E-state index in [2.05, 4.69) is 0 Å². The molecular weight excluding hydrogens is 207 g/mol. The summed E-state index contributed by atoms with van der Waals surface area (Å²) in [7, 11) is 0. The van der Waals surface area contributed by atoms with Crippen LogP contribution in [-0.4, -0.2) is 16.7 Å². The molecule has 1 aromatic carbocycles. The zero-order valence-electron chi connectivity index (χ0n) is 9.83. The molecule has 0 heterocycles. The van der Waals surface area contributed by atoms with E-state index in [9.17, 15) is 9.18 Å². The van der Waals surface area contributed by atoms with Crippen LogP contribution in [0.2, 0.25) is 0 Å². The van der Waals surface area contributed by atoms with Crippen molar-refractivity contribution in [2.75, 3.05) is 0 Å². The first-order valence-electron chi connectivity index (χ1n) is 5.30. The first-order valence-corrected chi connectivity index (χ1v) is 5.30. The lowest BCUT2D eigenvalue weighted by Gasteiger charge is -2.15. The zero-order valence-corrected chi connectivity index (χ0v) is 9.83. The lowest BCUT2D eigenvalue weighted by molar-refractivity contribution is -0.138. The molecule has 0 amide bonds. The van der Waals surface area contributed by atoms with Gasteiger partial charge in [0.05, 0.1) is 5.92 Å². The van der Waals surface area contributed by atoms with Gasteiger partial charge in [-0.2, -0.15) is 0 Å². The Kier molecular flexibility index (Phi) is 3.68. The third kappa shape index (κ3) is 3.65. The molecule has 0 aromatic heterocycles. The van der Waals surface area contributed by atoms with Crippen molar-refractivity contribution in [3.63, 3.8) is 0 Å². The van der Waals surface area contributed by atoms with Crippen LogP contribution in [0.3, 0.4) is 0 Å². The number of carboxylic acid groups (broad SMARTS) is 1. The van der Waals surface area contributed by atoms with Gasteiger partial charge in [0.25, 0.3) is 0 Å². The van der Waals surface area contributed by atoms with Crippen LogP contribution in [0.4, 0.5) is 4.39 Å². The molecule has 1 N–H and O–H groups in total. The fraction of sp³-hybridized carbons (Fsp3) is 0.462. The molecule has 16 heavy (non-hydrogen) atoms. The minimum absolute atomic E-state index is 0.299. The average molecular weight is 224 g/mol. The first-order chi connectivity index (χ1) is 7.29. The maximum atomic E-state index is 13.4. The predicted molar refractivity (Wildman–Crippen MR) is 61.4 cm³/mol. The Hall–Kier alpha value is -1.38. The highest BCUT2D eigenvalue weighted by molar-refractivity contribution is 5.75. The molecule has 0 aliphatic heterocycles. The predicted octanol–water partition coefficient (Wildman–Crippen LogP) is 3.17. The fourth-order valence-corrected chi connectivity index (χ4v) is 1.60. The molecule has 0 radical (unpaired) electrons. The third-order valence-electron chi connectivity index (χ3n) is 2.45. The lowest BCUT2D eigenvalue weighted by Crippen LogP contribution is -2.16. The summed E-state index contributed by atoms with van der Waals surface area (Å²) in [4.78, 5) is 10.8. The van der Waals surface area contributed by atoms with Crippen molar-refractivity contribution < 1.29 is 14.3 Å². The van der Waals surface area contributed by atoms with Gasteiger partial charge in [0, 0.05) is 6.42 Å². The second kappa shape index (κ2) is 4.64. The van der Waals surface area contributed by atoms with E-state index in [1.165, 1.54) is 13.8 Å². The number of carboxylic acids is 1. The van der Waals surface area contributed by atoms with Gasteiger partial charge in [-0.3, -0.25) is 4.79 Å². The quantitative estimate of drug-likeness (QED) is 0.852. The molecule has 2 nitrogen and oxygen atoms in total. The lowest BCUT2D eigenvalue weighted by atomic mass is 9.94. The number of benzene rings is 1. The van der Waals surface area contributed by atoms with Crippen molar-refractivity contribution in [1.82, 2.24) is 0 Å². The van der Waals surface area contributed by atoms with Crippen molar-refractivity contribution in [1.29, 1.82) is 0 Å². The van der Waals surface area contributed by atoms with Gasteiger partial charge >= 0.3 is 5.97 Å². The summed E-state index contributed by atoms with van der Waals surface area (Å²) < 4.78 is 13.4. The van der Waals surface area contributed by atoms with Gasteiger partial charge in [0.15, 0.2) is 0 Å². The van der Waals surface area contributed by atoms with E-state index in [-0.39, 0.29) is 0 Å². The van der Waals surface area contributed by atoms with Crippen LogP contribution in [0.15, 0.2) is 24.3 Å². The molecule has 0 bridgehead atoms. The topological polar surface area (TPSA) is 37.3 Å². The summed E-state index contributed by atoms with van der Waals surface area (Å²) >= 11 is 0. The Morgan fingerprint density at radius 3 is 2.62 bits per heavy atom. The second-order valence-corrected chi connectivity index (χ2v) is 4.70. The third-order valence-corrected chi connectivity index (χ3v) is 2.45. The van der Waals surface area contributed by atoms with E-state index in [0.29, 0.717) is 12.0 Å². The number of rotatable bonds is 4. The number of alkyl halides is 1. The molecule has 0 saturated heterocycles. The molecule has 1 unspecified atom stereocenters. The van der Waals surface area contributed by atoms with E-state index in [1.54, 1.807) is 25.1 Å². The maximum Gasteiger partial charge on any atom is 0.310 e. The van der Waals surface area contributed by atoms with Crippen LogP contribution in [0, 0.1) is 0 Å². The Balaban J connectivity index is 2.91. The van der Waals surface area contributed by atoms with Gasteiger partial charge in [-0.1, -0.05) is 24.3 Å². The Labute approximate surface area is 95.1 Å². The van der Waals surface area contributed by atoms with Crippen LogP contribution in [0.5, 0.6) is 0 Å². The smallest absolute Gasteiger partial charge is 0.310 e. The van der Waals surface area contributed by atoms with Gasteiger partial charge in [-0.15, -0.1) is 0 Å². The SMILES string of the molecule is CC(C(=O)O)c1cccc(CC(C)(C)F)c1. The van der Waals surface area contributed by atoms with E-state index in [1.807, 2.05) is 6.07 Å². The molecule has 1 aromatic rings. The second-order valence-electron chi connectivity index (χ2n) is 4.70. The van der Waals surface area contributed by atoms with Gasteiger partial charge in [0.1, 0.15) is 5.67 Å². The summed E-state index contributed by atoms with van der Waals surface area (Å²) in [5, 5.41) is 8.88. The molecule has 1 rings (SSSR count). The summed E-state index contributed by atoms with van der Waals surface area (Å²) in [6.07, 6.45) is 0.299. The van der Waals surface area contributed by atoms with Gasteiger partial charge in [-0.05, 0) is 31.9 Å². The molecule has 0 saturated carbocycles. The monoisotopic (exact) mass is 224 g/mol. The van der Waals surface area contributed by atoms with Crippen molar-refractivity contribution in [3.05, 3.63) is 35.4 Å². The van der Waals surface area contributed by atoms with Crippen LogP contribution < -0.4 is 0 Å². The minimum Gasteiger partial charge on any atom is -0.481 e. The molecule has 3 heteroatoms.